The van der Waals surface area contributed by atoms with Gasteiger partial charge in [0.05, 0.1) is 17.3 Å². The van der Waals surface area contributed by atoms with Crippen LogP contribution in [0.25, 0.3) is 4.96 Å². The van der Waals surface area contributed by atoms with E-state index in [0.29, 0.717) is 22.9 Å². The van der Waals surface area contributed by atoms with Crippen molar-refractivity contribution in [3.63, 3.8) is 0 Å². The van der Waals surface area contributed by atoms with Gasteiger partial charge in [-0.15, -0.1) is 11.3 Å². The minimum absolute atomic E-state index is 0.0667. The van der Waals surface area contributed by atoms with Gasteiger partial charge in [0.15, 0.2) is 4.96 Å². The Morgan fingerprint density at radius 2 is 2.22 bits per heavy atom. The minimum atomic E-state index is -2.93. The van der Waals surface area contributed by atoms with Crippen LogP contribution in [0.15, 0.2) is 40.6 Å². The molecule has 0 amide bonds. The van der Waals surface area contributed by atoms with E-state index in [0.717, 1.165) is 0 Å². The van der Waals surface area contributed by atoms with Crippen LogP contribution in [-0.4, -0.2) is 16.0 Å². The Kier molecular flexibility index (Phi) is 4.44. The first kappa shape index (κ1) is 15.7. The van der Waals surface area contributed by atoms with Crippen LogP contribution in [0.1, 0.15) is 5.69 Å². The van der Waals surface area contributed by atoms with Crippen molar-refractivity contribution in [1.82, 2.24) is 9.38 Å². The minimum Gasteiger partial charge on any atom is -0.433 e. The summed E-state index contributed by atoms with van der Waals surface area (Å²) in [7, 11) is 0. The number of thiazole rings is 1. The van der Waals surface area contributed by atoms with Gasteiger partial charge >= 0.3 is 6.61 Å². The second kappa shape index (κ2) is 6.51. The van der Waals surface area contributed by atoms with E-state index in [1.54, 1.807) is 17.6 Å². The Hall–Kier alpha value is -2.19. The summed E-state index contributed by atoms with van der Waals surface area (Å²) in [6.07, 6.45) is 1.66. The Morgan fingerprint density at radius 1 is 1.39 bits per heavy atom. The molecule has 0 radical (unpaired) electrons. The molecule has 5 nitrogen and oxygen atoms in total. The first-order valence-corrected chi connectivity index (χ1v) is 7.73. The van der Waals surface area contributed by atoms with E-state index in [9.17, 15) is 13.6 Å². The number of anilines is 1. The molecule has 120 valence electrons. The number of halogens is 3. The number of ether oxygens (including phenoxy) is 1. The lowest BCUT2D eigenvalue weighted by Gasteiger charge is -2.10. The smallest absolute Gasteiger partial charge is 0.387 e. The molecule has 2 aromatic heterocycles. The molecule has 3 rings (SSSR count). The lowest BCUT2D eigenvalue weighted by molar-refractivity contribution is -0.0497. The van der Waals surface area contributed by atoms with E-state index >= 15 is 0 Å². The van der Waals surface area contributed by atoms with E-state index in [2.05, 4.69) is 15.0 Å². The second-order valence-electron chi connectivity index (χ2n) is 4.52. The van der Waals surface area contributed by atoms with Crippen LogP contribution in [0.2, 0.25) is 5.02 Å². The molecule has 3 aromatic rings. The molecule has 0 aliphatic rings. The van der Waals surface area contributed by atoms with Crippen molar-refractivity contribution < 1.29 is 13.5 Å². The van der Waals surface area contributed by atoms with Gasteiger partial charge in [-0.25, -0.2) is 4.98 Å². The normalized spacial score (nSPS) is 11.1. The van der Waals surface area contributed by atoms with E-state index in [4.69, 9.17) is 11.6 Å². The summed E-state index contributed by atoms with van der Waals surface area (Å²) >= 11 is 7.24. The molecule has 2 heterocycles. The molecule has 0 saturated carbocycles. The predicted octanol–water partition coefficient (Wildman–Crippen LogP) is 3.62. The number of fused-ring (bicyclic) bond motifs is 1. The van der Waals surface area contributed by atoms with E-state index < -0.39 is 6.61 Å². The highest BCUT2D eigenvalue weighted by atomic mass is 35.5. The maximum Gasteiger partial charge on any atom is 0.387 e. The summed E-state index contributed by atoms with van der Waals surface area (Å²) in [6.45, 7) is -2.63. The zero-order valence-electron chi connectivity index (χ0n) is 11.5. The van der Waals surface area contributed by atoms with Gasteiger partial charge in [0, 0.05) is 23.3 Å². The third-order valence-electron chi connectivity index (χ3n) is 2.98. The molecule has 1 N–H and O–H groups in total. The molecule has 9 heteroatoms. The van der Waals surface area contributed by atoms with Crippen molar-refractivity contribution >= 4 is 33.6 Å². The van der Waals surface area contributed by atoms with Gasteiger partial charge in [-0.2, -0.15) is 8.78 Å². The summed E-state index contributed by atoms with van der Waals surface area (Å²) in [5.41, 5.74) is 1.01. The number of nitrogens with zero attached hydrogens (tertiary/aromatic N) is 2. The second-order valence-corrected chi connectivity index (χ2v) is 5.80. The van der Waals surface area contributed by atoms with Crippen LogP contribution >= 0.6 is 22.9 Å². The molecule has 0 unspecified atom stereocenters. The van der Waals surface area contributed by atoms with Crippen molar-refractivity contribution in [1.29, 1.82) is 0 Å². The van der Waals surface area contributed by atoms with Gasteiger partial charge in [-0.05, 0) is 18.2 Å². The van der Waals surface area contributed by atoms with Crippen molar-refractivity contribution in [3.8, 4) is 5.75 Å². The number of benzene rings is 1. The van der Waals surface area contributed by atoms with Gasteiger partial charge in [0.25, 0.3) is 5.56 Å². The topological polar surface area (TPSA) is 55.6 Å². The first-order chi connectivity index (χ1) is 11.0. The third kappa shape index (κ3) is 3.59. The number of hydrogen-bond donors (Lipinski definition) is 1. The maximum absolute atomic E-state index is 12.2. The molecule has 0 spiro atoms. The largest absolute Gasteiger partial charge is 0.433 e. The molecule has 0 aliphatic heterocycles. The highest BCUT2D eigenvalue weighted by Crippen LogP contribution is 2.29. The number of rotatable bonds is 5. The number of hydrogen-bond acceptors (Lipinski definition) is 5. The monoisotopic (exact) mass is 357 g/mol. The fraction of sp³-hybridized carbons (Fsp3) is 0.143. The van der Waals surface area contributed by atoms with Crippen LogP contribution in [0, 0.1) is 0 Å². The molecule has 1 aromatic carbocycles. The third-order valence-corrected chi connectivity index (χ3v) is 4.03. The van der Waals surface area contributed by atoms with Gasteiger partial charge in [-0.1, -0.05) is 11.6 Å². The van der Waals surface area contributed by atoms with Crippen LogP contribution in [0.4, 0.5) is 14.5 Å². The lowest BCUT2D eigenvalue weighted by Crippen LogP contribution is -2.14. The van der Waals surface area contributed by atoms with Gasteiger partial charge < -0.3 is 10.1 Å². The van der Waals surface area contributed by atoms with Crippen molar-refractivity contribution in [2.45, 2.75) is 13.2 Å². The number of aromatic nitrogens is 2. The van der Waals surface area contributed by atoms with Crippen LogP contribution < -0.4 is 15.6 Å². The van der Waals surface area contributed by atoms with Crippen LogP contribution in [0.5, 0.6) is 5.75 Å². The van der Waals surface area contributed by atoms with Crippen LogP contribution in [0.3, 0.4) is 0 Å². The maximum atomic E-state index is 12.2. The molecule has 0 atom stereocenters. The van der Waals surface area contributed by atoms with Gasteiger partial charge in [0.1, 0.15) is 5.75 Å². The zero-order chi connectivity index (χ0) is 16.4. The zero-order valence-corrected chi connectivity index (χ0v) is 13.1. The predicted molar refractivity (Wildman–Crippen MR) is 84.7 cm³/mol. The molecular weight excluding hydrogens is 348 g/mol. The van der Waals surface area contributed by atoms with Gasteiger partial charge in [-0.3, -0.25) is 9.20 Å². The summed E-state index contributed by atoms with van der Waals surface area (Å²) in [5.74, 6) is -0.0939. The quantitative estimate of drug-likeness (QED) is 0.757. The Bertz CT molecular complexity index is 897. The van der Waals surface area contributed by atoms with E-state index in [-0.39, 0.29) is 16.3 Å². The fourth-order valence-corrected chi connectivity index (χ4v) is 2.94. The Morgan fingerprint density at radius 3 is 2.96 bits per heavy atom. The summed E-state index contributed by atoms with van der Waals surface area (Å²) < 4.78 is 30.1. The highest BCUT2D eigenvalue weighted by molar-refractivity contribution is 7.15. The average molecular weight is 358 g/mol. The number of nitrogens with one attached hydrogen (secondary N) is 1. The first-order valence-electron chi connectivity index (χ1n) is 6.47. The summed E-state index contributed by atoms with van der Waals surface area (Å²) in [4.78, 5) is 16.8. The molecule has 0 aliphatic carbocycles. The molecular formula is C14H10ClF2N3O2S. The molecule has 0 saturated heterocycles. The Balaban J connectivity index is 1.74. The Labute approximate surface area is 138 Å². The molecule has 23 heavy (non-hydrogen) atoms. The average Bonchev–Trinajstić information content (AvgIpc) is 2.96. The van der Waals surface area contributed by atoms with Crippen molar-refractivity contribution in [3.05, 3.63) is 56.9 Å². The SMILES string of the molecule is O=c1cc(CNc2ccc(OC(F)F)c(Cl)c2)nc2sccn12. The number of alkyl halides is 2. The van der Waals surface area contributed by atoms with Crippen LogP contribution in [-0.2, 0) is 6.54 Å². The van der Waals surface area contributed by atoms with Crippen molar-refractivity contribution in [2.75, 3.05) is 5.32 Å². The molecule has 0 fully saturated rings. The molecule has 0 bridgehead atoms. The van der Waals surface area contributed by atoms with E-state index in [1.165, 1.54) is 33.9 Å². The van der Waals surface area contributed by atoms with E-state index in [1.807, 2.05) is 0 Å². The fourth-order valence-electron chi connectivity index (χ4n) is 1.97. The standard InChI is InChI=1S/C14H10ClF2N3O2S/c15-10-5-8(1-2-11(10)22-13(16)17)18-7-9-6-12(21)20-3-4-23-14(20)19-9/h1-6,13,18H,7H2. The van der Waals surface area contributed by atoms with Crippen molar-refractivity contribution in [2.24, 2.45) is 0 Å². The lowest BCUT2D eigenvalue weighted by atomic mass is 10.3. The van der Waals surface area contributed by atoms with Gasteiger partial charge in [0.2, 0.25) is 0 Å². The highest BCUT2D eigenvalue weighted by Gasteiger charge is 2.09. The summed E-state index contributed by atoms with van der Waals surface area (Å²) in [5, 5.41) is 4.88. The summed E-state index contributed by atoms with van der Waals surface area (Å²) in [6, 6.07) is 5.81.